The lowest BCUT2D eigenvalue weighted by Crippen LogP contribution is -2.73. The molecule has 2 heterocycles. The summed E-state index contributed by atoms with van der Waals surface area (Å²) in [5.41, 5.74) is 3.29. The number of benzene rings is 1. The molecule has 2 aromatic rings. The first-order valence-electron chi connectivity index (χ1n) is 11.5. The lowest BCUT2D eigenvalue weighted by atomic mass is 9.99. The molecular formula is C21H18ClN7O13S2. The van der Waals surface area contributed by atoms with Crippen molar-refractivity contribution in [3.05, 3.63) is 51.0 Å². The number of anilines is 1. The van der Waals surface area contributed by atoms with E-state index in [2.05, 4.69) is 25.5 Å². The van der Waals surface area contributed by atoms with Gasteiger partial charge in [0.25, 0.3) is 17.5 Å². The minimum atomic E-state index is -5.14. The molecule has 0 spiro atoms. The normalized spacial score (nSPS) is 16.4. The Bertz CT molecular complexity index is 1660. The third-order valence-corrected chi connectivity index (χ3v) is 7.32. The van der Waals surface area contributed by atoms with E-state index in [9.17, 15) is 51.9 Å². The van der Waals surface area contributed by atoms with E-state index in [1.165, 1.54) is 5.38 Å². The Labute approximate surface area is 254 Å². The maximum absolute atomic E-state index is 13.2. The summed E-state index contributed by atoms with van der Waals surface area (Å²) < 4.78 is 36.9. The van der Waals surface area contributed by atoms with Crippen LogP contribution in [-0.4, -0.2) is 99.5 Å². The highest BCUT2D eigenvalue weighted by Gasteiger charge is 2.55. The number of primary amides is 1. The highest BCUT2D eigenvalue weighted by Crippen LogP contribution is 2.25. The number of thiazole rings is 1. The number of Topliss-reactive ketones (excluding diaryl/α,β-unsaturated/α-hetero) is 2. The molecule has 1 fully saturated rings. The molecular weight excluding hydrogens is 658 g/mol. The highest BCUT2D eigenvalue weighted by molar-refractivity contribution is 7.84. The van der Waals surface area contributed by atoms with Gasteiger partial charge in [0.1, 0.15) is 30.3 Å². The summed E-state index contributed by atoms with van der Waals surface area (Å²) in [6, 6.07) is 0.723. The summed E-state index contributed by atoms with van der Waals surface area (Å²) in [6.07, 6.45) is -1.36. The SMILES string of the molecule is NC(=O)OC[C@@H]1[C@H](NC(=O)C(=NOCC(=O)C(=O)c2ccc([N+](=O)[O-])cc2)c2csc(NC(=O)CCl)n2)C(=O)N1S(=O)(=O)O. The van der Waals surface area contributed by atoms with Crippen LogP contribution in [0.4, 0.5) is 15.6 Å². The average molecular weight is 676 g/mol. The van der Waals surface area contributed by atoms with Crippen molar-refractivity contribution in [2.45, 2.75) is 12.1 Å². The number of alkyl halides is 1. The molecule has 3 rings (SSSR count). The van der Waals surface area contributed by atoms with Crippen LogP contribution >= 0.6 is 22.9 Å². The first kappa shape index (κ1) is 33.4. The Morgan fingerprint density at radius 1 is 1.23 bits per heavy atom. The van der Waals surface area contributed by atoms with Crippen molar-refractivity contribution in [3.63, 3.8) is 0 Å². The summed E-state index contributed by atoms with van der Waals surface area (Å²) in [5, 5.41) is 19.8. The third-order valence-electron chi connectivity index (χ3n) is 5.38. The van der Waals surface area contributed by atoms with Crippen LogP contribution in [0.5, 0.6) is 0 Å². The second-order valence-corrected chi connectivity index (χ2v) is 10.7. The molecule has 5 N–H and O–H groups in total. The monoisotopic (exact) mass is 675 g/mol. The number of β-lactam (4-membered cyclic amide) rings is 1. The number of rotatable bonds is 14. The van der Waals surface area contributed by atoms with Gasteiger partial charge in [-0.05, 0) is 12.1 Å². The smallest absolute Gasteiger partial charge is 0.404 e. The number of halogens is 1. The van der Waals surface area contributed by atoms with Crippen LogP contribution in [0.1, 0.15) is 16.1 Å². The fourth-order valence-corrected chi connectivity index (χ4v) is 5.06. The summed E-state index contributed by atoms with van der Waals surface area (Å²) in [4.78, 5) is 91.8. The Morgan fingerprint density at radius 3 is 2.45 bits per heavy atom. The predicted octanol–water partition coefficient (Wildman–Crippen LogP) is -1.00. The van der Waals surface area contributed by atoms with Crippen LogP contribution < -0.4 is 16.4 Å². The van der Waals surface area contributed by atoms with Gasteiger partial charge < -0.3 is 25.9 Å². The molecule has 1 saturated heterocycles. The first-order chi connectivity index (χ1) is 20.6. The Balaban J connectivity index is 1.83. The number of hydrogen-bond acceptors (Lipinski definition) is 15. The summed E-state index contributed by atoms with van der Waals surface area (Å²) >= 11 is 6.23. The summed E-state index contributed by atoms with van der Waals surface area (Å²) in [6.45, 7) is -1.90. The van der Waals surface area contributed by atoms with Gasteiger partial charge >= 0.3 is 16.4 Å². The van der Waals surface area contributed by atoms with Crippen LogP contribution in [0.25, 0.3) is 0 Å². The van der Waals surface area contributed by atoms with Crippen LogP contribution in [0.3, 0.4) is 0 Å². The zero-order chi connectivity index (χ0) is 32.8. The van der Waals surface area contributed by atoms with E-state index in [0.717, 1.165) is 35.6 Å². The predicted molar refractivity (Wildman–Crippen MR) is 146 cm³/mol. The van der Waals surface area contributed by atoms with Gasteiger partial charge in [0.05, 0.1) is 4.92 Å². The van der Waals surface area contributed by atoms with Gasteiger partial charge in [-0.25, -0.2) is 14.1 Å². The number of nitrogens with two attached hydrogens (primary N) is 1. The van der Waals surface area contributed by atoms with E-state index in [0.29, 0.717) is 0 Å². The second-order valence-electron chi connectivity index (χ2n) is 8.25. The van der Waals surface area contributed by atoms with Crippen molar-refractivity contribution in [1.29, 1.82) is 0 Å². The second kappa shape index (κ2) is 13.9. The lowest BCUT2D eigenvalue weighted by molar-refractivity contribution is -0.384. The molecule has 0 bridgehead atoms. The minimum absolute atomic E-state index is 0.0689. The molecule has 4 amide bonds. The van der Waals surface area contributed by atoms with E-state index in [-0.39, 0.29) is 26.4 Å². The van der Waals surface area contributed by atoms with Crippen LogP contribution in [0.15, 0.2) is 34.8 Å². The lowest BCUT2D eigenvalue weighted by Gasteiger charge is -2.43. The largest absolute Gasteiger partial charge is 0.447 e. The minimum Gasteiger partial charge on any atom is -0.447 e. The maximum Gasteiger partial charge on any atom is 0.404 e. The van der Waals surface area contributed by atoms with Crippen LogP contribution in [0.2, 0.25) is 0 Å². The van der Waals surface area contributed by atoms with Crippen molar-refractivity contribution in [2.24, 2.45) is 10.9 Å². The number of hydrogen-bond donors (Lipinski definition) is 4. The van der Waals surface area contributed by atoms with Gasteiger partial charge in [-0.1, -0.05) is 5.16 Å². The van der Waals surface area contributed by atoms with E-state index in [1.54, 1.807) is 0 Å². The molecule has 1 aromatic heterocycles. The Kier molecular flexibility index (Phi) is 10.6. The molecule has 20 nitrogen and oxygen atoms in total. The van der Waals surface area contributed by atoms with E-state index in [1.807, 2.05) is 0 Å². The first-order valence-corrected chi connectivity index (χ1v) is 14.3. The van der Waals surface area contributed by atoms with Gasteiger partial charge in [-0.2, -0.15) is 8.42 Å². The number of ketones is 2. The number of aromatic nitrogens is 1. The molecule has 234 valence electrons. The van der Waals surface area contributed by atoms with Gasteiger partial charge in [0.15, 0.2) is 17.5 Å². The summed E-state index contributed by atoms with van der Waals surface area (Å²) in [5.74, 6) is -5.99. The molecule has 0 unspecified atom stereocenters. The number of nitro groups is 1. The molecule has 1 aliphatic heterocycles. The van der Waals surface area contributed by atoms with E-state index in [4.69, 9.17) is 22.2 Å². The standard InChI is InChI=1S/C21H18ClN7O13S2/c22-5-14(31)25-21-24-11(8-43-21)15(27-42-7-13(30)17(32)9-1-3-10(4-2-9)29(36)37)18(33)26-16-12(6-41-20(23)35)28(19(16)34)44(38,39)40/h1-4,8,12,16H,5-7H2,(H2,23,35)(H,26,33)(H,24,25,31)(H,38,39,40)/t12-,16+/m1/s1. The molecule has 0 aliphatic carbocycles. The number of carbonyl (C=O) groups is 6. The number of amides is 4. The van der Waals surface area contributed by atoms with Crippen molar-refractivity contribution < 1.29 is 56.2 Å². The fourth-order valence-electron chi connectivity index (χ4n) is 3.42. The molecule has 23 heteroatoms. The zero-order valence-corrected chi connectivity index (χ0v) is 24.0. The van der Waals surface area contributed by atoms with Crippen molar-refractivity contribution in [1.82, 2.24) is 14.6 Å². The van der Waals surface area contributed by atoms with Crippen molar-refractivity contribution in [3.8, 4) is 0 Å². The molecule has 0 saturated carbocycles. The maximum atomic E-state index is 13.2. The molecule has 1 aromatic carbocycles. The highest BCUT2D eigenvalue weighted by atomic mass is 35.5. The van der Waals surface area contributed by atoms with E-state index >= 15 is 0 Å². The molecule has 0 radical (unpaired) electrons. The number of nitrogens with one attached hydrogen (secondary N) is 2. The molecule has 1 aliphatic rings. The van der Waals surface area contributed by atoms with Gasteiger partial charge in [0.2, 0.25) is 17.5 Å². The topological polar surface area (TPSA) is 297 Å². The van der Waals surface area contributed by atoms with Gasteiger partial charge in [-0.3, -0.25) is 38.6 Å². The van der Waals surface area contributed by atoms with Gasteiger partial charge in [-0.15, -0.1) is 22.9 Å². The number of oxime groups is 1. The van der Waals surface area contributed by atoms with Crippen molar-refractivity contribution in [2.75, 3.05) is 24.4 Å². The quantitative estimate of drug-likeness (QED) is 0.0273. The number of nitro benzene ring substituents is 1. The van der Waals surface area contributed by atoms with Crippen molar-refractivity contribution >= 4 is 85.2 Å². The van der Waals surface area contributed by atoms with Gasteiger partial charge in [0, 0.05) is 23.1 Å². The Morgan fingerprint density at radius 2 is 1.89 bits per heavy atom. The number of ether oxygens (including phenoxy) is 1. The number of non-ortho nitro benzene ring substituents is 1. The summed E-state index contributed by atoms with van der Waals surface area (Å²) in [7, 11) is -5.14. The van der Waals surface area contributed by atoms with Crippen LogP contribution in [-0.2, 0) is 39.1 Å². The number of carbonyl (C=O) groups excluding carboxylic acids is 6. The molecule has 44 heavy (non-hydrogen) atoms. The molecule has 2 atom stereocenters. The zero-order valence-electron chi connectivity index (χ0n) is 21.6. The Hall–Kier alpha value is -5.06. The third kappa shape index (κ3) is 8.06. The number of nitrogens with zero attached hydrogens (tertiary/aromatic N) is 4. The van der Waals surface area contributed by atoms with E-state index < -0.39 is 87.5 Å². The van der Waals surface area contributed by atoms with Crippen LogP contribution in [0, 0.1) is 10.1 Å². The average Bonchev–Trinajstić information content (AvgIpc) is 3.42. The fraction of sp³-hybridized carbons (Fsp3) is 0.238.